The monoisotopic (exact) mass is 451 g/mol. The number of carbonyl (C=O) groups excluding carboxylic acids is 2. The highest BCUT2D eigenvalue weighted by molar-refractivity contribution is 9.10. The smallest absolute Gasteiger partial charge is 0.379 e. The van der Waals surface area contributed by atoms with Gasteiger partial charge in [0.25, 0.3) is 0 Å². The van der Waals surface area contributed by atoms with Crippen LogP contribution in [0, 0.1) is 6.92 Å². The molecule has 1 aliphatic rings. The summed E-state index contributed by atoms with van der Waals surface area (Å²) in [6, 6.07) is 15.7. The molecular weight excluding hydrogens is 438 g/mol. The van der Waals surface area contributed by atoms with Gasteiger partial charge in [0.15, 0.2) is 5.70 Å². The quantitative estimate of drug-likeness (QED) is 0.319. The number of hydrogen-bond donors (Lipinski definition) is 0. The fourth-order valence-corrected chi connectivity index (χ4v) is 3.11. The first-order valence-electron chi connectivity index (χ1n) is 8.64. The first-order chi connectivity index (χ1) is 14.0. The van der Waals surface area contributed by atoms with Crippen molar-refractivity contribution in [1.82, 2.24) is 0 Å². The average molecular weight is 452 g/mol. The molecule has 2 heterocycles. The van der Waals surface area contributed by atoms with E-state index in [1.165, 1.54) is 18.4 Å². The Balaban J connectivity index is 1.67. The van der Waals surface area contributed by atoms with Gasteiger partial charge in [-0.25, -0.2) is 14.6 Å². The molecule has 0 fully saturated rings. The van der Waals surface area contributed by atoms with Crippen LogP contribution in [0.15, 0.2) is 80.4 Å². The lowest BCUT2D eigenvalue weighted by Crippen LogP contribution is -2.08. The highest BCUT2D eigenvalue weighted by Gasteiger charge is 2.25. The Kier molecular flexibility index (Phi) is 5.14. The molecule has 0 amide bonds. The molecule has 0 bridgehead atoms. The van der Waals surface area contributed by atoms with Crippen LogP contribution in [0.2, 0.25) is 0 Å². The number of halogens is 1. The Morgan fingerprint density at radius 1 is 1.14 bits per heavy atom. The van der Waals surface area contributed by atoms with Crippen molar-refractivity contribution in [2.45, 2.75) is 6.92 Å². The predicted octanol–water partition coefficient (Wildman–Crippen LogP) is 4.91. The third-order valence-corrected chi connectivity index (χ3v) is 4.57. The van der Waals surface area contributed by atoms with Crippen LogP contribution in [-0.2, 0) is 9.53 Å². The van der Waals surface area contributed by atoms with E-state index in [4.69, 9.17) is 13.9 Å². The Labute approximate surface area is 174 Å². The van der Waals surface area contributed by atoms with Crippen molar-refractivity contribution in [2.75, 3.05) is 0 Å². The fourth-order valence-electron chi connectivity index (χ4n) is 2.73. The van der Waals surface area contributed by atoms with E-state index in [-0.39, 0.29) is 23.1 Å². The zero-order valence-corrected chi connectivity index (χ0v) is 16.8. The van der Waals surface area contributed by atoms with Gasteiger partial charge >= 0.3 is 11.9 Å². The molecule has 29 heavy (non-hydrogen) atoms. The average Bonchev–Trinajstić information content (AvgIpc) is 3.35. The van der Waals surface area contributed by atoms with Crippen LogP contribution in [-0.4, -0.2) is 17.8 Å². The van der Waals surface area contributed by atoms with Crippen molar-refractivity contribution in [3.63, 3.8) is 0 Å². The van der Waals surface area contributed by atoms with Crippen LogP contribution < -0.4 is 4.74 Å². The Hall–Kier alpha value is -3.45. The molecular formula is C22H14BrNO5. The molecule has 0 N–H and O–H groups in total. The zero-order chi connectivity index (χ0) is 20.4. The number of esters is 2. The van der Waals surface area contributed by atoms with Crippen LogP contribution in [0.3, 0.4) is 0 Å². The molecule has 4 rings (SSSR count). The summed E-state index contributed by atoms with van der Waals surface area (Å²) < 4.78 is 16.5. The van der Waals surface area contributed by atoms with Gasteiger partial charge in [-0.05, 0) is 55.5 Å². The van der Waals surface area contributed by atoms with Crippen molar-refractivity contribution in [1.29, 1.82) is 0 Å². The van der Waals surface area contributed by atoms with Crippen LogP contribution >= 0.6 is 15.9 Å². The zero-order valence-electron chi connectivity index (χ0n) is 15.2. The van der Waals surface area contributed by atoms with Crippen molar-refractivity contribution in [3.8, 4) is 5.75 Å². The Bertz CT molecular complexity index is 1160. The van der Waals surface area contributed by atoms with Gasteiger partial charge in [0.1, 0.15) is 5.75 Å². The largest absolute Gasteiger partial charge is 0.457 e. The van der Waals surface area contributed by atoms with Gasteiger partial charge in [-0.15, -0.1) is 0 Å². The Morgan fingerprint density at radius 3 is 2.76 bits per heavy atom. The van der Waals surface area contributed by atoms with Crippen LogP contribution in [0.4, 0.5) is 0 Å². The molecule has 1 aliphatic heterocycles. The molecule has 0 aliphatic carbocycles. The normalized spacial score (nSPS) is 14.6. The second-order valence-corrected chi connectivity index (χ2v) is 7.17. The van der Waals surface area contributed by atoms with E-state index in [1.54, 1.807) is 24.3 Å². The summed E-state index contributed by atoms with van der Waals surface area (Å²) in [6.45, 7) is 1.94. The lowest BCUT2D eigenvalue weighted by atomic mass is 10.1. The fraction of sp³-hybridized carbons (Fsp3) is 0.0455. The van der Waals surface area contributed by atoms with Crippen LogP contribution in [0.1, 0.15) is 27.2 Å². The number of ether oxygens (including phenoxy) is 2. The van der Waals surface area contributed by atoms with E-state index in [0.717, 1.165) is 10.0 Å². The minimum atomic E-state index is -0.644. The number of aryl methyl sites for hydroxylation is 1. The van der Waals surface area contributed by atoms with Gasteiger partial charge < -0.3 is 13.9 Å². The molecule has 6 nitrogen and oxygen atoms in total. The number of aliphatic imine (C=N–C) groups is 1. The van der Waals surface area contributed by atoms with Crippen LogP contribution in [0.5, 0.6) is 5.75 Å². The minimum absolute atomic E-state index is 0.0755. The molecule has 0 radical (unpaired) electrons. The molecule has 7 heteroatoms. The number of hydrogen-bond acceptors (Lipinski definition) is 6. The summed E-state index contributed by atoms with van der Waals surface area (Å²) in [5.74, 6) is -0.658. The molecule has 1 aromatic heterocycles. The molecule has 0 saturated heterocycles. The molecule has 3 aromatic rings. The number of cyclic esters (lactones) is 1. The van der Waals surface area contributed by atoms with E-state index in [9.17, 15) is 9.59 Å². The van der Waals surface area contributed by atoms with Crippen molar-refractivity contribution in [3.05, 3.63) is 93.5 Å². The van der Waals surface area contributed by atoms with Crippen molar-refractivity contribution < 1.29 is 23.5 Å². The highest BCUT2D eigenvalue weighted by Crippen LogP contribution is 2.28. The Morgan fingerprint density at radius 2 is 2.00 bits per heavy atom. The van der Waals surface area contributed by atoms with Gasteiger partial charge in [0.2, 0.25) is 11.7 Å². The first-order valence-corrected chi connectivity index (χ1v) is 9.44. The summed E-state index contributed by atoms with van der Waals surface area (Å²) in [6.07, 6.45) is 2.90. The van der Waals surface area contributed by atoms with E-state index < -0.39 is 11.9 Å². The molecule has 0 atom stereocenters. The van der Waals surface area contributed by atoms with Crippen molar-refractivity contribution >= 4 is 39.8 Å². The lowest BCUT2D eigenvalue weighted by molar-refractivity contribution is -0.129. The number of benzene rings is 2. The SMILES string of the molecule is Cc1cccc(C2=NC(=Cc3cc(Br)ccc3OC(=O)c3ccco3)C(=O)O2)c1. The number of nitrogens with zero attached hydrogens (tertiary/aromatic N) is 1. The predicted molar refractivity (Wildman–Crippen MR) is 110 cm³/mol. The molecule has 0 saturated carbocycles. The summed E-state index contributed by atoms with van der Waals surface area (Å²) in [4.78, 5) is 28.8. The number of rotatable bonds is 4. The van der Waals surface area contributed by atoms with Crippen molar-refractivity contribution in [2.24, 2.45) is 4.99 Å². The van der Waals surface area contributed by atoms with E-state index in [0.29, 0.717) is 11.1 Å². The highest BCUT2D eigenvalue weighted by atomic mass is 79.9. The number of furan rings is 1. The second kappa shape index (κ2) is 7.89. The maximum absolute atomic E-state index is 12.3. The molecule has 144 valence electrons. The molecule has 2 aromatic carbocycles. The number of carbonyl (C=O) groups is 2. The van der Waals surface area contributed by atoms with E-state index in [2.05, 4.69) is 20.9 Å². The van der Waals surface area contributed by atoms with Gasteiger partial charge in [0, 0.05) is 15.6 Å². The maximum atomic E-state index is 12.3. The topological polar surface area (TPSA) is 78.1 Å². The molecule has 0 spiro atoms. The summed E-state index contributed by atoms with van der Waals surface area (Å²) in [5, 5.41) is 0. The van der Waals surface area contributed by atoms with Gasteiger partial charge in [0.05, 0.1) is 6.26 Å². The maximum Gasteiger partial charge on any atom is 0.379 e. The third-order valence-electron chi connectivity index (χ3n) is 4.07. The van der Waals surface area contributed by atoms with Gasteiger partial charge in [-0.1, -0.05) is 33.6 Å². The lowest BCUT2D eigenvalue weighted by Gasteiger charge is -2.07. The minimum Gasteiger partial charge on any atom is -0.457 e. The second-order valence-electron chi connectivity index (χ2n) is 6.25. The van der Waals surface area contributed by atoms with Gasteiger partial charge in [-0.2, -0.15) is 0 Å². The van der Waals surface area contributed by atoms with E-state index in [1.807, 2.05) is 31.2 Å². The standard InChI is InChI=1S/C22H14BrNO5/c1-13-4-2-5-14(10-13)20-24-17(21(25)29-20)12-15-11-16(23)7-8-18(15)28-22(26)19-6-3-9-27-19/h2-12H,1H3. The van der Waals surface area contributed by atoms with E-state index >= 15 is 0 Å². The summed E-state index contributed by atoms with van der Waals surface area (Å²) in [5.41, 5.74) is 2.33. The van der Waals surface area contributed by atoms with Crippen LogP contribution in [0.25, 0.3) is 6.08 Å². The third kappa shape index (κ3) is 4.20. The van der Waals surface area contributed by atoms with Gasteiger partial charge in [-0.3, -0.25) is 0 Å². The first kappa shape index (κ1) is 18.9. The summed E-state index contributed by atoms with van der Waals surface area (Å²) in [7, 11) is 0. The molecule has 0 unspecified atom stereocenters. The summed E-state index contributed by atoms with van der Waals surface area (Å²) >= 11 is 3.38.